The standard InChI is InChI=1S/C20H23N3O2/c24-20(22-25)10-9-16-5-7-17(8-6-16)15-23-12-2-4-19(23)13-18-3-1-11-21-14-18/h1,3,5-11,14,19,25H,2,4,12-13,15H2,(H,22,24). The van der Waals surface area contributed by atoms with Gasteiger partial charge in [-0.1, -0.05) is 30.3 Å². The van der Waals surface area contributed by atoms with Crippen molar-refractivity contribution >= 4 is 12.0 Å². The summed E-state index contributed by atoms with van der Waals surface area (Å²) in [6.07, 6.45) is 10.3. The first-order valence-corrected chi connectivity index (χ1v) is 8.58. The van der Waals surface area contributed by atoms with Gasteiger partial charge in [-0.25, -0.2) is 5.48 Å². The summed E-state index contributed by atoms with van der Waals surface area (Å²) in [6, 6.07) is 12.9. The number of hydrogen-bond donors (Lipinski definition) is 2. The second-order valence-electron chi connectivity index (χ2n) is 6.38. The van der Waals surface area contributed by atoms with Crippen LogP contribution in [0.15, 0.2) is 54.9 Å². The van der Waals surface area contributed by atoms with Crippen molar-refractivity contribution in [1.82, 2.24) is 15.4 Å². The number of nitrogens with one attached hydrogen (secondary N) is 1. The lowest BCUT2D eigenvalue weighted by molar-refractivity contribution is -0.124. The van der Waals surface area contributed by atoms with E-state index in [0.717, 1.165) is 25.1 Å². The van der Waals surface area contributed by atoms with Crippen LogP contribution < -0.4 is 5.48 Å². The minimum atomic E-state index is -0.528. The molecule has 0 radical (unpaired) electrons. The zero-order valence-electron chi connectivity index (χ0n) is 14.1. The molecule has 130 valence electrons. The smallest absolute Gasteiger partial charge is 0.267 e. The van der Waals surface area contributed by atoms with Crippen LogP contribution in [-0.4, -0.2) is 33.6 Å². The van der Waals surface area contributed by atoms with Gasteiger partial charge in [0.1, 0.15) is 0 Å². The summed E-state index contributed by atoms with van der Waals surface area (Å²) >= 11 is 0. The van der Waals surface area contributed by atoms with Crippen LogP contribution in [0, 0.1) is 0 Å². The van der Waals surface area contributed by atoms with Gasteiger partial charge in [-0.05, 0) is 54.6 Å². The minimum absolute atomic E-state index is 0.528. The summed E-state index contributed by atoms with van der Waals surface area (Å²) in [6.45, 7) is 2.06. The average Bonchev–Trinajstić information content (AvgIpc) is 3.08. The highest BCUT2D eigenvalue weighted by Crippen LogP contribution is 2.23. The Hall–Kier alpha value is -2.50. The molecule has 5 heteroatoms. The number of carbonyl (C=O) groups excluding carboxylic acids is 1. The molecular formula is C20H23N3O2. The minimum Gasteiger partial charge on any atom is -0.296 e. The summed E-state index contributed by atoms with van der Waals surface area (Å²) in [7, 11) is 0. The molecule has 3 rings (SSSR count). The van der Waals surface area contributed by atoms with E-state index in [1.54, 1.807) is 11.6 Å². The number of hydroxylamine groups is 1. The highest BCUT2D eigenvalue weighted by molar-refractivity contribution is 5.90. The van der Waals surface area contributed by atoms with Gasteiger partial charge in [0, 0.05) is 31.1 Å². The Morgan fingerprint density at radius 3 is 2.84 bits per heavy atom. The topological polar surface area (TPSA) is 65.5 Å². The Kier molecular flexibility index (Phi) is 5.93. The molecule has 5 nitrogen and oxygen atoms in total. The van der Waals surface area contributed by atoms with Crippen molar-refractivity contribution in [3.05, 3.63) is 71.6 Å². The average molecular weight is 337 g/mol. The Morgan fingerprint density at radius 1 is 1.28 bits per heavy atom. The van der Waals surface area contributed by atoms with Crippen molar-refractivity contribution in [1.29, 1.82) is 0 Å². The first kappa shape index (κ1) is 17.3. The van der Waals surface area contributed by atoms with E-state index in [4.69, 9.17) is 5.21 Å². The fourth-order valence-electron chi connectivity index (χ4n) is 3.30. The molecule has 1 aliphatic rings. The van der Waals surface area contributed by atoms with E-state index in [-0.39, 0.29) is 0 Å². The lowest BCUT2D eigenvalue weighted by atomic mass is 10.0. The summed E-state index contributed by atoms with van der Waals surface area (Å²) in [4.78, 5) is 17.8. The quantitative estimate of drug-likeness (QED) is 0.483. The summed E-state index contributed by atoms with van der Waals surface area (Å²) < 4.78 is 0. The fourth-order valence-corrected chi connectivity index (χ4v) is 3.30. The van der Waals surface area contributed by atoms with Gasteiger partial charge in [0.25, 0.3) is 5.91 Å². The van der Waals surface area contributed by atoms with Gasteiger partial charge in [-0.3, -0.25) is 19.9 Å². The normalized spacial score (nSPS) is 17.9. The van der Waals surface area contributed by atoms with Crippen molar-refractivity contribution in [2.75, 3.05) is 6.54 Å². The molecule has 1 unspecified atom stereocenters. The molecule has 1 saturated heterocycles. The van der Waals surface area contributed by atoms with E-state index in [1.165, 1.54) is 30.0 Å². The Morgan fingerprint density at radius 2 is 2.12 bits per heavy atom. The highest BCUT2D eigenvalue weighted by atomic mass is 16.5. The molecule has 1 amide bonds. The third-order valence-corrected chi connectivity index (χ3v) is 4.60. The second-order valence-corrected chi connectivity index (χ2v) is 6.38. The number of rotatable bonds is 6. The van der Waals surface area contributed by atoms with Crippen LogP contribution in [0.3, 0.4) is 0 Å². The van der Waals surface area contributed by atoms with Crippen LogP contribution in [0.25, 0.3) is 6.08 Å². The number of pyridine rings is 1. The summed E-state index contributed by atoms with van der Waals surface area (Å²) in [5, 5.41) is 8.49. The Labute approximate surface area is 148 Å². The molecule has 2 N–H and O–H groups in total. The number of nitrogens with zero attached hydrogens (tertiary/aromatic N) is 2. The van der Waals surface area contributed by atoms with Gasteiger partial charge in [0.05, 0.1) is 0 Å². The van der Waals surface area contributed by atoms with Gasteiger partial charge in [-0.2, -0.15) is 0 Å². The highest BCUT2D eigenvalue weighted by Gasteiger charge is 2.24. The van der Waals surface area contributed by atoms with Crippen LogP contribution >= 0.6 is 0 Å². The van der Waals surface area contributed by atoms with Gasteiger partial charge in [0.2, 0.25) is 0 Å². The van der Waals surface area contributed by atoms with Gasteiger partial charge >= 0.3 is 0 Å². The van der Waals surface area contributed by atoms with Crippen molar-refractivity contribution < 1.29 is 10.0 Å². The molecule has 1 aromatic heterocycles. The number of likely N-dealkylation sites (tertiary alicyclic amines) is 1. The number of hydrogen-bond acceptors (Lipinski definition) is 4. The molecule has 2 aromatic rings. The van der Waals surface area contributed by atoms with E-state index in [0.29, 0.717) is 6.04 Å². The largest absolute Gasteiger partial charge is 0.296 e. The van der Waals surface area contributed by atoms with Gasteiger partial charge in [-0.15, -0.1) is 0 Å². The molecule has 2 heterocycles. The third kappa shape index (κ3) is 4.98. The number of aromatic nitrogens is 1. The van der Waals surface area contributed by atoms with E-state index >= 15 is 0 Å². The Balaban J connectivity index is 1.59. The molecule has 0 saturated carbocycles. The van der Waals surface area contributed by atoms with Crippen LogP contribution in [-0.2, 0) is 17.8 Å². The molecule has 0 bridgehead atoms. The molecular weight excluding hydrogens is 314 g/mol. The number of benzene rings is 1. The van der Waals surface area contributed by atoms with Crippen LogP contribution in [0.5, 0.6) is 0 Å². The maximum Gasteiger partial charge on any atom is 0.267 e. The van der Waals surface area contributed by atoms with E-state index in [9.17, 15) is 4.79 Å². The van der Waals surface area contributed by atoms with Gasteiger partial charge < -0.3 is 0 Å². The predicted octanol–water partition coefficient (Wildman–Crippen LogP) is 2.81. The van der Waals surface area contributed by atoms with Crippen molar-refractivity contribution in [3.63, 3.8) is 0 Å². The second kappa shape index (κ2) is 8.55. The summed E-state index contributed by atoms with van der Waals surface area (Å²) in [5.74, 6) is -0.528. The van der Waals surface area contributed by atoms with E-state index in [1.807, 2.05) is 30.6 Å². The van der Waals surface area contributed by atoms with Gasteiger partial charge in [0.15, 0.2) is 0 Å². The fraction of sp³-hybridized carbons (Fsp3) is 0.300. The molecule has 1 aromatic carbocycles. The lowest BCUT2D eigenvalue weighted by Gasteiger charge is -2.24. The maximum atomic E-state index is 11.0. The maximum absolute atomic E-state index is 11.0. The van der Waals surface area contributed by atoms with E-state index < -0.39 is 5.91 Å². The number of amides is 1. The molecule has 25 heavy (non-hydrogen) atoms. The third-order valence-electron chi connectivity index (χ3n) is 4.60. The molecule has 1 fully saturated rings. The monoisotopic (exact) mass is 337 g/mol. The molecule has 0 spiro atoms. The first-order valence-electron chi connectivity index (χ1n) is 8.58. The zero-order chi connectivity index (χ0) is 17.5. The number of carbonyl (C=O) groups is 1. The van der Waals surface area contributed by atoms with Crippen molar-refractivity contribution in [3.8, 4) is 0 Å². The van der Waals surface area contributed by atoms with E-state index in [2.05, 4.69) is 28.1 Å². The molecule has 1 atom stereocenters. The lowest BCUT2D eigenvalue weighted by Crippen LogP contribution is -2.30. The van der Waals surface area contributed by atoms with Crippen molar-refractivity contribution in [2.24, 2.45) is 0 Å². The van der Waals surface area contributed by atoms with Crippen molar-refractivity contribution in [2.45, 2.75) is 31.8 Å². The summed E-state index contributed by atoms with van der Waals surface area (Å²) in [5.41, 5.74) is 5.07. The Bertz CT molecular complexity index is 713. The van der Waals surface area contributed by atoms with Crippen LogP contribution in [0.2, 0.25) is 0 Å². The SMILES string of the molecule is O=C(C=Cc1ccc(CN2CCCC2Cc2cccnc2)cc1)NO. The zero-order valence-corrected chi connectivity index (χ0v) is 14.1. The predicted molar refractivity (Wildman–Crippen MR) is 96.8 cm³/mol. The molecule has 0 aliphatic carbocycles. The van der Waals surface area contributed by atoms with Crippen LogP contribution in [0.4, 0.5) is 0 Å². The molecule has 1 aliphatic heterocycles. The first-order chi connectivity index (χ1) is 12.2. The van der Waals surface area contributed by atoms with Crippen LogP contribution in [0.1, 0.15) is 29.5 Å².